The SMILES string of the molecule is CCn1c(=O)nc(Nc2ccc(Oc3ccc(C(=O)O)cn3)c(C)c2)n(Cc2ccc(Cl)cc2)c1=O. The summed E-state index contributed by atoms with van der Waals surface area (Å²) in [5.74, 6) is -0.228. The molecule has 0 atom stereocenters. The number of ether oxygens (including phenoxy) is 1. The van der Waals surface area contributed by atoms with Gasteiger partial charge >= 0.3 is 17.3 Å². The van der Waals surface area contributed by atoms with Crippen LogP contribution in [-0.2, 0) is 13.1 Å². The second-order valence-electron chi connectivity index (χ2n) is 7.86. The van der Waals surface area contributed by atoms with Crippen molar-refractivity contribution in [3.8, 4) is 11.6 Å². The Morgan fingerprint density at radius 2 is 1.83 bits per heavy atom. The first kappa shape index (κ1) is 24.7. The molecule has 0 bridgehead atoms. The molecule has 0 fully saturated rings. The van der Waals surface area contributed by atoms with Gasteiger partial charge in [0.05, 0.1) is 12.1 Å². The first-order valence-electron chi connectivity index (χ1n) is 11.0. The maximum absolute atomic E-state index is 13.0. The summed E-state index contributed by atoms with van der Waals surface area (Å²) >= 11 is 5.97. The van der Waals surface area contributed by atoms with E-state index in [-0.39, 0.29) is 30.5 Å². The van der Waals surface area contributed by atoms with E-state index in [9.17, 15) is 14.4 Å². The van der Waals surface area contributed by atoms with Crippen molar-refractivity contribution in [2.75, 3.05) is 5.32 Å². The van der Waals surface area contributed by atoms with Crippen LogP contribution in [-0.4, -0.2) is 30.2 Å². The second-order valence-corrected chi connectivity index (χ2v) is 8.29. The zero-order chi connectivity index (χ0) is 25.8. The Balaban J connectivity index is 1.62. The fourth-order valence-electron chi connectivity index (χ4n) is 3.46. The number of halogens is 1. The molecule has 0 unspecified atom stereocenters. The Bertz CT molecular complexity index is 1530. The summed E-state index contributed by atoms with van der Waals surface area (Å²) in [6.07, 6.45) is 1.22. The quantitative estimate of drug-likeness (QED) is 0.365. The van der Waals surface area contributed by atoms with Gasteiger partial charge < -0.3 is 15.2 Å². The molecule has 0 radical (unpaired) electrons. The molecule has 0 amide bonds. The lowest BCUT2D eigenvalue weighted by molar-refractivity contribution is 0.0696. The van der Waals surface area contributed by atoms with Crippen molar-refractivity contribution in [3.05, 3.63) is 103 Å². The second kappa shape index (κ2) is 10.4. The summed E-state index contributed by atoms with van der Waals surface area (Å²) < 4.78 is 8.22. The fourth-order valence-corrected chi connectivity index (χ4v) is 3.59. The summed E-state index contributed by atoms with van der Waals surface area (Å²) in [5, 5.41) is 12.6. The number of aryl methyl sites for hydroxylation is 1. The highest BCUT2D eigenvalue weighted by Crippen LogP contribution is 2.27. The topological polar surface area (TPSA) is 128 Å². The van der Waals surface area contributed by atoms with Crippen LogP contribution in [0.15, 0.2) is 70.4 Å². The van der Waals surface area contributed by atoms with Crippen molar-refractivity contribution >= 4 is 29.2 Å². The number of pyridine rings is 1. The van der Waals surface area contributed by atoms with E-state index in [0.29, 0.717) is 16.5 Å². The highest BCUT2D eigenvalue weighted by Gasteiger charge is 2.14. The Hall–Kier alpha value is -4.44. The van der Waals surface area contributed by atoms with E-state index in [2.05, 4.69) is 15.3 Å². The van der Waals surface area contributed by atoms with E-state index in [1.165, 1.54) is 22.9 Å². The number of benzene rings is 2. The van der Waals surface area contributed by atoms with Gasteiger partial charge in [0.2, 0.25) is 11.8 Å². The molecule has 0 saturated heterocycles. The molecule has 0 aliphatic heterocycles. The van der Waals surface area contributed by atoms with Gasteiger partial charge in [0.25, 0.3) is 0 Å². The average molecular weight is 508 g/mol. The Morgan fingerprint density at radius 3 is 2.44 bits per heavy atom. The Kier molecular flexibility index (Phi) is 7.16. The lowest BCUT2D eigenvalue weighted by atomic mass is 10.2. The molecule has 10 nitrogen and oxygen atoms in total. The Labute approximate surface area is 210 Å². The standard InChI is InChI=1S/C25H22ClN5O5/c1-3-30-24(34)29-23(31(25(30)35)14-16-4-7-18(26)8-5-16)28-19-9-10-20(15(2)12-19)36-21-11-6-17(13-27-21)22(32)33/h4-13H,3,14H2,1-2H3,(H,32,33)(H,28,29,34). The molecule has 11 heteroatoms. The highest BCUT2D eigenvalue weighted by molar-refractivity contribution is 6.30. The average Bonchev–Trinajstić information content (AvgIpc) is 2.85. The molecule has 0 aliphatic rings. The van der Waals surface area contributed by atoms with Crippen molar-refractivity contribution < 1.29 is 14.6 Å². The van der Waals surface area contributed by atoms with Crippen molar-refractivity contribution in [2.24, 2.45) is 0 Å². The number of hydrogen-bond acceptors (Lipinski definition) is 7. The minimum atomic E-state index is -1.07. The van der Waals surface area contributed by atoms with Crippen molar-refractivity contribution in [3.63, 3.8) is 0 Å². The molecule has 184 valence electrons. The molecule has 2 N–H and O–H groups in total. The van der Waals surface area contributed by atoms with E-state index in [1.807, 2.05) is 6.92 Å². The molecule has 0 aliphatic carbocycles. The lowest BCUT2D eigenvalue weighted by Gasteiger charge is -2.16. The maximum atomic E-state index is 13.0. The van der Waals surface area contributed by atoms with Crippen LogP contribution in [0.1, 0.15) is 28.4 Å². The molecule has 4 aromatic rings. The summed E-state index contributed by atoms with van der Waals surface area (Å²) in [5.41, 5.74) is 1.05. The molecule has 2 aromatic heterocycles. The predicted molar refractivity (Wildman–Crippen MR) is 135 cm³/mol. The van der Waals surface area contributed by atoms with Gasteiger partial charge in [-0.05, 0) is 61.4 Å². The van der Waals surface area contributed by atoms with Crippen LogP contribution in [0.5, 0.6) is 11.6 Å². The minimum Gasteiger partial charge on any atom is -0.478 e. The lowest BCUT2D eigenvalue weighted by Crippen LogP contribution is -2.42. The normalized spacial score (nSPS) is 10.8. The van der Waals surface area contributed by atoms with Gasteiger partial charge in [-0.1, -0.05) is 23.7 Å². The fraction of sp³-hybridized carbons (Fsp3) is 0.160. The number of carbonyl (C=O) groups is 1. The van der Waals surface area contributed by atoms with E-state index >= 15 is 0 Å². The van der Waals surface area contributed by atoms with E-state index in [4.69, 9.17) is 21.4 Å². The van der Waals surface area contributed by atoms with Crippen molar-refractivity contribution in [1.29, 1.82) is 0 Å². The van der Waals surface area contributed by atoms with E-state index in [1.54, 1.807) is 49.4 Å². The van der Waals surface area contributed by atoms with Gasteiger partial charge in [0, 0.05) is 29.5 Å². The van der Waals surface area contributed by atoms with Crippen LogP contribution in [0.4, 0.5) is 11.6 Å². The molecular formula is C25H22ClN5O5. The monoisotopic (exact) mass is 507 g/mol. The molecule has 0 spiro atoms. The number of aromatic nitrogens is 4. The Morgan fingerprint density at radius 1 is 1.08 bits per heavy atom. The number of rotatable bonds is 8. The van der Waals surface area contributed by atoms with Crippen LogP contribution in [0, 0.1) is 6.92 Å². The van der Waals surface area contributed by atoms with E-state index in [0.717, 1.165) is 15.7 Å². The third-order valence-corrected chi connectivity index (χ3v) is 5.60. The summed E-state index contributed by atoms with van der Waals surface area (Å²) in [6.45, 7) is 3.90. The van der Waals surface area contributed by atoms with Crippen LogP contribution in [0.2, 0.25) is 5.02 Å². The number of aromatic carboxylic acids is 1. The number of carboxylic acids is 1. The number of nitrogens with one attached hydrogen (secondary N) is 1. The maximum Gasteiger partial charge on any atom is 0.354 e. The van der Waals surface area contributed by atoms with Gasteiger partial charge in [-0.25, -0.2) is 23.9 Å². The highest BCUT2D eigenvalue weighted by atomic mass is 35.5. The zero-order valence-corrected chi connectivity index (χ0v) is 20.2. The summed E-state index contributed by atoms with van der Waals surface area (Å²) in [6, 6.07) is 15.1. The molecule has 0 saturated carbocycles. The zero-order valence-electron chi connectivity index (χ0n) is 19.4. The largest absolute Gasteiger partial charge is 0.478 e. The number of carboxylic acid groups (broad SMARTS) is 1. The summed E-state index contributed by atoms with van der Waals surface area (Å²) in [4.78, 5) is 44.6. The van der Waals surface area contributed by atoms with Crippen molar-refractivity contribution in [2.45, 2.75) is 26.9 Å². The molecule has 2 heterocycles. The van der Waals surface area contributed by atoms with E-state index < -0.39 is 17.3 Å². The number of hydrogen-bond donors (Lipinski definition) is 2. The molecule has 4 rings (SSSR count). The van der Waals surface area contributed by atoms with Gasteiger partial charge in [-0.15, -0.1) is 0 Å². The van der Waals surface area contributed by atoms with Crippen LogP contribution >= 0.6 is 11.6 Å². The van der Waals surface area contributed by atoms with Crippen LogP contribution in [0.3, 0.4) is 0 Å². The van der Waals surface area contributed by atoms with Crippen molar-refractivity contribution in [1.82, 2.24) is 19.1 Å². The molecule has 2 aromatic carbocycles. The third kappa shape index (κ3) is 5.44. The first-order chi connectivity index (χ1) is 17.2. The molecular weight excluding hydrogens is 486 g/mol. The van der Waals surface area contributed by atoms with Gasteiger partial charge in [-0.3, -0.25) is 4.57 Å². The minimum absolute atomic E-state index is 0.0563. The predicted octanol–water partition coefficient (Wildman–Crippen LogP) is 4.06. The smallest absolute Gasteiger partial charge is 0.354 e. The summed E-state index contributed by atoms with van der Waals surface area (Å²) in [7, 11) is 0. The van der Waals surface area contributed by atoms with Gasteiger partial charge in [0.1, 0.15) is 5.75 Å². The number of nitrogens with zero attached hydrogens (tertiary/aromatic N) is 4. The number of anilines is 2. The van der Waals surface area contributed by atoms with Gasteiger partial charge in [-0.2, -0.15) is 4.98 Å². The van der Waals surface area contributed by atoms with Gasteiger partial charge in [0.15, 0.2) is 0 Å². The van der Waals surface area contributed by atoms with Crippen LogP contribution < -0.4 is 21.4 Å². The third-order valence-electron chi connectivity index (χ3n) is 5.35. The van der Waals surface area contributed by atoms with Crippen LogP contribution in [0.25, 0.3) is 0 Å². The molecule has 36 heavy (non-hydrogen) atoms. The first-order valence-corrected chi connectivity index (χ1v) is 11.3.